The third-order valence-electron chi connectivity index (χ3n) is 2.07. The Bertz CT molecular complexity index is 179. The number of quaternary nitrogens is 1. The second-order valence-corrected chi connectivity index (χ2v) is 4.53. The molecule has 2 N–H and O–H groups in total. The summed E-state index contributed by atoms with van der Waals surface area (Å²) in [6.45, 7) is 5.76. The van der Waals surface area contributed by atoms with Crippen molar-refractivity contribution in [2.75, 3.05) is 33.7 Å². The zero-order chi connectivity index (χ0) is 11.2. The van der Waals surface area contributed by atoms with Gasteiger partial charge < -0.3 is 14.9 Å². The summed E-state index contributed by atoms with van der Waals surface area (Å²) >= 11 is 0. The van der Waals surface area contributed by atoms with Crippen LogP contribution in [0.15, 0.2) is 0 Å². The fourth-order valence-corrected chi connectivity index (χ4v) is 1.58. The van der Waals surface area contributed by atoms with Gasteiger partial charge in [0.15, 0.2) is 0 Å². The number of nitrogens with zero attached hydrogens (tertiary/aromatic N) is 1. The van der Waals surface area contributed by atoms with Crippen molar-refractivity contribution >= 4 is 5.91 Å². The highest BCUT2D eigenvalue weighted by Crippen LogP contribution is 2.00. The second-order valence-electron chi connectivity index (χ2n) is 4.53. The molecule has 0 radical (unpaired) electrons. The van der Waals surface area contributed by atoms with Crippen LogP contribution in [0.3, 0.4) is 0 Å². The van der Waals surface area contributed by atoms with E-state index in [0.29, 0.717) is 0 Å². The Morgan fingerprint density at radius 1 is 1.50 bits per heavy atom. The fourth-order valence-electron chi connectivity index (χ4n) is 1.58. The van der Waals surface area contributed by atoms with Crippen molar-refractivity contribution < 1.29 is 14.4 Å². The number of amides is 1. The van der Waals surface area contributed by atoms with Gasteiger partial charge in [-0.05, 0) is 6.92 Å². The summed E-state index contributed by atoms with van der Waals surface area (Å²) in [7, 11) is 4.17. The van der Waals surface area contributed by atoms with E-state index in [-0.39, 0.29) is 12.0 Å². The summed E-state index contributed by atoms with van der Waals surface area (Å²) in [5.74, 6) is 0.0193. The molecule has 0 saturated carbocycles. The van der Waals surface area contributed by atoms with Crippen LogP contribution in [0.5, 0.6) is 0 Å². The molecule has 0 saturated heterocycles. The van der Waals surface area contributed by atoms with Gasteiger partial charge in [0.25, 0.3) is 0 Å². The van der Waals surface area contributed by atoms with E-state index < -0.39 is 0 Å². The number of likely N-dealkylation sites (N-methyl/N-ethyl adjacent to an activating group) is 1. The van der Waals surface area contributed by atoms with Gasteiger partial charge in [-0.2, -0.15) is 0 Å². The number of carbonyl (C=O) groups is 1. The second kappa shape index (κ2) is 5.98. The zero-order valence-corrected chi connectivity index (χ0v) is 9.71. The molecular formula is C10H23N2O2+. The fraction of sp³-hybridized carbons (Fsp3) is 0.900. The highest BCUT2D eigenvalue weighted by atomic mass is 16.3. The van der Waals surface area contributed by atoms with E-state index in [1.165, 1.54) is 6.92 Å². The number of carbonyl (C=O) groups excluding carboxylic acids is 1. The Labute approximate surface area is 86.5 Å². The molecule has 0 fully saturated rings. The van der Waals surface area contributed by atoms with Crippen molar-refractivity contribution in [3.63, 3.8) is 0 Å². The van der Waals surface area contributed by atoms with Crippen LogP contribution < -0.4 is 5.32 Å². The Morgan fingerprint density at radius 2 is 2.07 bits per heavy atom. The van der Waals surface area contributed by atoms with Crippen molar-refractivity contribution in [3.05, 3.63) is 0 Å². The minimum atomic E-state index is -0.272. The Hall–Kier alpha value is -0.610. The Kier molecular flexibility index (Phi) is 5.72. The molecular weight excluding hydrogens is 180 g/mol. The predicted octanol–water partition coefficient (Wildman–Crippen LogP) is -0.0302. The molecule has 0 aromatic carbocycles. The number of rotatable bonds is 6. The molecule has 1 amide bonds. The lowest BCUT2D eigenvalue weighted by atomic mass is 10.3. The first-order valence-corrected chi connectivity index (χ1v) is 5.08. The molecule has 4 nitrogen and oxygen atoms in total. The minimum absolute atomic E-state index is 0.0193. The molecule has 0 aliphatic rings. The quantitative estimate of drug-likeness (QED) is 0.470. The van der Waals surface area contributed by atoms with Crippen LogP contribution in [0.4, 0.5) is 0 Å². The van der Waals surface area contributed by atoms with E-state index in [4.69, 9.17) is 0 Å². The highest BCUT2D eigenvalue weighted by molar-refractivity contribution is 5.72. The van der Waals surface area contributed by atoms with Gasteiger partial charge in [-0.3, -0.25) is 4.79 Å². The first-order chi connectivity index (χ1) is 6.33. The van der Waals surface area contributed by atoms with Gasteiger partial charge in [0.2, 0.25) is 5.91 Å². The average molecular weight is 203 g/mol. The summed E-state index contributed by atoms with van der Waals surface area (Å²) in [6.07, 6.45) is 0.671. The third-order valence-corrected chi connectivity index (χ3v) is 2.07. The molecule has 84 valence electrons. The maximum absolute atomic E-state index is 10.6. The zero-order valence-electron chi connectivity index (χ0n) is 9.71. The van der Waals surface area contributed by atoms with Crippen LogP contribution in [0.25, 0.3) is 0 Å². The monoisotopic (exact) mass is 203 g/mol. The number of nitrogens with one attached hydrogen (secondary N) is 1. The van der Waals surface area contributed by atoms with Crippen LogP contribution in [-0.4, -0.2) is 55.3 Å². The molecule has 1 atom stereocenters. The third kappa shape index (κ3) is 8.01. The summed E-state index contributed by atoms with van der Waals surface area (Å²) in [4.78, 5) is 10.6. The average Bonchev–Trinajstić information content (AvgIpc) is 1.95. The van der Waals surface area contributed by atoms with Gasteiger partial charge >= 0.3 is 0 Å². The molecule has 0 bridgehead atoms. The van der Waals surface area contributed by atoms with Gasteiger partial charge in [-0.1, -0.05) is 0 Å². The largest absolute Gasteiger partial charge is 0.388 e. The molecule has 0 aromatic rings. The van der Waals surface area contributed by atoms with E-state index in [1.807, 2.05) is 0 Å². The lowest BCUT2D eigenvalue weighted by Crippen LogP contribution is -2.46. The molecule has 4 heteroatoms. The van der Waals surface area contributed by atoms with E-state index >= 15 is 0 Å². The van der Waals surface area contributed by atoms with Crippen LogP contribution in [0.1, 0.15) is 20.3 Å². The van der Waals surface area contributed by atoms with Crippen LogP contribution in [0.2, 0.25) is 0 Å². The standard InChI is InChI=1S/C10H22N2O2/c1-9(13)8-12(3,4)7-5-6-11-10(2)14/h9,13H,5-8H2,1-4H3/p+1. The number of aliphatic hydroxyl groups excluding tert-OH is 1. The number of hydrogen-bond donors (Lipinski definition) is 2. The van der Waals surface area contributed by atoms with E-state index in [9.17, 15) is 9.90 Å². The molecule has 0 heterocycles. The van der Waals surface area contributed by atoms with Crippen molar-refractivity contribution in [1.82, 2.24) is 5.32 Å². The van der Waals surface area contributed by atoms with Crippen molar-refractivity contribution in [1.29, 1.82) is 0 Å². The Balaban J connectivity index is 3.60. The first-order valence-electron chi connectivity index (χ1n) is 5.08. The minimum Gasteiger partial charge on any atom is -0.388 e. The Morgan fingerprint density at radius 3 is 2.50 bits per heavy atom. The molecule has 0 aliphatic carbocycles. The molecule has 1 unspecified atom stereocenters. The van der Waals surface area contributed by atoms with Crippen LogP contribution >= 0.6 is 0 Å². The molecule has 0 spiro atoms. The van der Waals surface area contributed by atoms with E-state index in [0.717, 1.165) is 30.5 Å². The topological polar surface area (TPSA) is 49.3 Å². The van der Waals surface area contributed by atoms with Crippen LogP contribution in [-0.2, 0) is 4.79 Å². The normalized spacial score (nSPS) is 13.8. The maximum Gasteiger partial charge on any atom is 0.216 e. The number of aliphatic hydroxyl groups is 1. The SMILES string of the molecule is CC(=O)NCCC[N+](C)(C)CC(C)O. The van der Waals surface area contributed by atoms with Gasteiger partial charge in [0.05, 0.1) is 20.6 Å². The van der Waals surface area contributed by atoms with Gasteiger partial charge in [-0.15, -0.1) is 0 Å². The first kappa shape index (κ1) is 13.4. The van der Waals surface area contributed by atoms with Crippen LogP contribution in [0, 0.1) is 0 Å². The van der Waals surface area contributed by atoms with Gasteiger partial charge in [-0.25, -0.2) is 0 Å². The summed E-state index contributed by atoms with van der Waals surface area (Å²) in [5, 5.41) is 12.0. The van der Waals surface area contributed by atoms with Gasteiger partial charge in [0, 0.05) is 19.9 Å². The van der Waals surface area contributed by atoms with Crippen molar-refractivity contribution in [2.45, 2.75) is 26.4 Å². The van der Waals surface area contributed by atoms with Gasteiger partial charge in [0.1, 0.15) is 12.6 Å². The van der Waals surface area contributed by atoms with Crippen molar-refractivity contribution in [2.24, 2.45) is 0 Å². The maximum atomic E-state index is 10.6. The lowest BCUT2D eigenvalue weighted by Gasteiger charge is -2.30. The molecule has 14 heavy (non-hydrogen) atoms. The predicted molar refractivity (Wildman–Crippen MR) is 56.8 cm³/mol. The molecule has 0 rings (SSSR count). The highest BCUT2D eigenvalue weighted by Gasteiger charge is 2.16. The summed E-state index contributed by atoms with van der Waals surface area (Å²) in [5.41, 5.74) is 0. The number of hydrogen-bond acceptors (Lipinski definition) is 2. The molecule has 0 aliphatic heterocycles. The summed E-state index contributed by atoms with van der Waals surface area (Å²) < 4.78 is 0.789. The van der Waals surface area contributed by atoms with E-state index in [1.54, 1.807) is 6.92 Å². The molecule has 0 aromatic heterocycles. The smallest absolute Gasteiger partial charge is 0.216 e. The van der Waals surface area contributed by atoms with Crippen molar-refractivity contribution in [3.8, 4) is 0 Å². The summed E-state index contributed by atoms with van der Waals surface area (Å²) in [6, 6.07) is 0. The lowest BCUT2D eigenvalue weighted by molar-refractivity contribution is -0.893. The van der Waals surface area contributed by atoms with E-state index in [2.05, 4.69) is 19.4 Å².